The second-order valence-electron chi connectivity index (χ2n) is 6.19. The molecule has 1 saturated carbocycles. The molecule has 0 amide bonds. The fourth-order valence-corrected chi connectivity index (χ4v) is 3.70. The average Bonchev–Trinajstić information content (AvgIpc) is 3.02. The Balaban J connectivity index is 1.67. The minimum atomic E-state index is -0.0917. The van der Waals surface area contributed by atoms with Crippen LogP contribution in [0.4, 0.5) is 5.69 Å². The maximum atomic E-state index is 9.99. The zero-order chi connectivity index (χ0) is 14.1. The van der Waals surface area contributed by atoms with Gasteiger partial charge in [-0.1, -0.05) is 6.92 Å². The summed E-state index contributed by atoms with van der Waals surface area (Å²) >= 11 is 0. The van der Waals surface area contributed by atoms with E-state index in [1.54, 1.807) is 0 Å². The number of hydrogen-bond donors (Lipinski definition) is 2. The number of anilines is 1. The Labute approximate surface area is 121 Å². The van der Waals surface area contributed by atoms with E-state index in [-0.39, 0.29) is 6.10 Å². The summed E-state index contributed by atoms with van der Waals surface area (Å²) in [4.78, 5) is 6.97. The van der Waals surface area contributed by atoms with Crippen LogP contribution in [-0.2, 0) is 0 Å². The smallest absolute Gasteiger partial charge is 0.0588 e. The van der Waals surface area contributed by atoms with E-state index in [0.717, 1.165) is 31.7 Å². The van der Waals surface area contributed by atoms with E-state index in [4.69, 9.17) is 0 Å². The van der Waals surface area contributed by atoms with E-state index in [1.165, 1.54) is 12.1 Å². The third-order valence-electron chi connectivity index (χ3n) is 4.91. The van der Waals surface area contributed by atoms with Gasteiger partial charge in [0.25, 0.3) is 0 Å². The van der Waals surface area contributed by atoms with Crippen LogP contribution < -0.4 is 10.2 Å². The first-order chi connectivity index (χ1) is 9.69. The summed E-state index contributed by atoms with van der Waals surface area (Å²) < 4.78 is 0. The standard InChI is InChI=1S/C16H25N3O/c1-3-17-11(2)15-6-5-13(8-18-15)19-9-12-4-7-16(20)14(12)10-19/h5-6,8,11-12,14,16-17,20H,3-4,7,9-10H2,1-2H3. The van der Waals surface area contributed by atoms with Gasteiger partial charge >= 0.3 is 0 Å². The molecule has 110 valence electrons. The fourth-order valence-electron chi connectivity index (χ4n) is 3.70. The lowest BCUT2D eigenvalue weighted by Crippen LogP contribution is -2.24. The van der Waals surface area contributed by atoms with Crippen LogP contribution in [0.2, 0.25) is 0 Å². The van der Waals surface area contributed by atoms with E-state index in [0.29, 0.717) is 17.9 Å². The van der Waals surface area contributed by atoms with Crippen molar-refractivity contribution < 1.29 is 5.11 Å². The lowest BCUT2D eigenvalue weighted by molar-refractivity contribution is 0.133. The van der Waals surface area contributed by atoms with Crippen LogP contribution in [-0.4, -0.2) is 35.8 Å². The molecule has 3 rings (SSSR count). The Hall–Kier alpha value is -1.13. The molecule has 1 saturated heterocycles. The molecular weight excluding hydrogens is 250 g/mol. The fraction of sp³-hybridized carbons (Fsp3) is 0.688. The molecule has 1 aliphatic carbocycles. The lowest BCUT2D eigenvalue weighted by Gasteiger charge is -2.21. The van der Waals surface area contributed by atoms with Crippen LogP contribution in [0.25, 0.3) is 0 Å². The Morgan fingerprint density at radius 2 is 2.25 bits per heavy atom. The highest BCUT2D eigenvalue weighted by Crippen LogP contribution is 2.39. The van der Waals surface area contributed by atoms with Gasteiger partial charge in [0.1, 0.15) is 0 Å². The first-order valence-electron chi connectivity index (χ1n) is 7.81. The molecule has 0 radical (unpaired) electrons. The maximum Gasteiger partial charge on any atom is 0.0588 e. The molecule has 4 unspecified atom stereocenters. The van der Waals surface area contributed by atoms with Crippen molar-refractivity contribution in [3.05, 3.63) is 24.0 Å². The van der Waals surface area contributed by atoms with Gasteiger partial charge in [-0.2, -0.15) is 0 Å². The largest absolute Gasteiger partial charge is 0.393 e. The van der Waals surface area contributed by atoms with Crippen molar-refractivity contribution in [1.82, 2.24) is 10.3 Å². The Bertz CT molecular complexity index is 448. The summed E-state index contributed by atoms with van der Waals surface area (Å²) in [6.07, 6.45) is 4.05. The highest BCUT2D eigenvalue weighted by Gasteiger charge is 2.41. The summed E-state index contributed by atoms with van der Waals surface area (Å²) in [5, 5.41) is 13.4. The minimum absolute atomic E-state index is 0.0917. The first-order valence-corrected chi connectivity index (χ1v) is 7.81. The topological polar surface area (TPSA) is 48.4 Å². The lowest BCUT2D eigenvalue weighted by atomic mass is 10.00. The van der Waals surface area contributed by atoms with Gasteiger partial charge in [-0.3, -0.25) is 4.98 Å². The number of rotatable bonds is 4. The van der Waals surface area contributed by atoms with Crippen LogP contribution in [0.15, 0.2) is 18.3 Å². The van der Waals surface area contributed by atoms with Crippen LogP contribution in [0, 0.1) is 11.8 Å². The van der Waals surface area contributed by atoms with E-state index in [9.17, 15) is 5.11 Å². The molecule has 2 heterocycles. The second kappa shape index (κ2) is 5.70. The quantitative estimate of drug-likeness (QED) is 0.882. The van der Waals surface area contributed by atoms with E-state index in [2.05, 4.69) is 41.2 Å². The van der Waals surface area contributed by atoms with Crippen molar-refractivity contribution in [2.24, 2.45) is 11.8 Å². The maximum absolute atomic E-state index is 9.99. The second-order valence-corrected chi connectivity index (χ2v) is 6.19. The predicted molar refractivity (Wildman–Crippen MR) is 80.8 cm³/mol. The number of aliphatic hydroxyl groups is 1. The van der Waals surface area contributed by atoms with E-state index < -0.39 is 0 Å². The number of fused-ring (bicyclic) bond motifs is 1. The SMILES string of the molecule is CCNC(C)c1ccc(N2CC3CCC(O)C3C2)cn1. The predicted octanol–water partition coefficient (Wildman–Crippen LogP) is 1.96. The third kappa shape index (κ3) is 2.54. The van der Waals surface area contributed by atoms with Crippen molar-refractivity contribution in [2.75, 3.05) is 24.5 Å². The van der Waals surface area contributed by atoms with Crippen LogP contribution in [0.5, 0.6) is 0 Å². The molecule has 4 heteroatoms. The molecule has 2 fully saturated rings. The molecule has 1 aliphatic heterocycles. The van der Waals surface area contributed by atoms with Gasteiger partial charge in [0, 0.05) is 25.0 Å². The van der Waals surface area contributed by atoms with Crippen molar-refractivity contribution in [1.29, 1.82) is 0 Å². The minimum Gasteiger partial charge on any atom is -0.393 e. The highest BCUT2D eigenvalue weighted by molar-refractivity contribution is 5.46. The summed E-state index contributed by atoms with van der Waals surface area (Å²) in [5.74, 6) is 1.14. The number of nitrogens with zero attached hydrogens (tertiary/aromatic N) is 2. The van der Waals surface area contributed by atoms with E-state index >= 15 is 0 Å². The van der Waals surface area contributed by atoms with Gasteiger partial charge in [0.15, 0.2) is 0 Å². The van der Waals surface area contributed by atoms with E-state index in [1.807, 2.05) is 6.20 Å². The van der Waals surface area contributed by atoms with Gasteiger partial charge in [-0.05, 0) is 44.4 Å². The monoisotopic (exact) mass is 275 g/mol. The molecular formula is C16H25N3O. The Morgan fingerprint density at radius 1 is 1.40 bits per heavy atom. The van der Waals surface area contributed by atoms with Gasteiger partial charge in [0.2, 0.25) is 0 Å². The highest BCUT2D eigenvalue weighted by atomic mass is 16.3. The number of nitrogens with one attached hydrogen (secondary N) is 1. The molecule has 0 spiro atoms. The van der Waals surface area contributed by atoms with Crippen molar-refractivity contribution >= 4 is 5.69 Å². The molecule has 0 bridgehead atoms. The van der Waals surface area contributed by atoms with Crippen LogP contribution in [0.3, 0.4) is 0 Å². The molecule has 4 atom stereocenters. The van der Waals surface area contributed by atoms with Crippen LogP contribution >= 0.6 is 0 Å². The zero-order valence-corrected chi connectivity index (χ0v) is 12.4. The Morgan fingerprint density at radius 3 is 2.90 bits per heavy atom. The number of aliphatic hydroxyl groups excluding tert-OH is 1. The van der Waals surface area contributed by atoms with Crippen molar-refractivity contribution in [3.8, 4) is 0 Å². The third-order valence-corrected chi connectivity index (χ3v) is 4.91. The van der Waals surface area contributed by atoms with Gasteiger partial charge in [-0.15, -0.1) is 0 Å². The summed E-state index contributed by atoms with van der Waals surface area (Å²) in [6, 6.07) is 4.59. The molecule has 20 heavy (non-hydrogen) atoms. The molecule has 1 aromatic rings. The van der Waals surface area contributed by atoms with Crippen LogP contribution in [0.1, 0.15) is 38.4 Å². The number of pyridine rings is 1. The van der Waals surface area contributed by atoms with Gasteiger partial charge < -0.3 is 15.3 Å². The first kappa shape index (κ1) is 13.8. The molecule has 2 N–H and O–H groups in total. The molecule has 2 aliphatic rings. The molecule has 0 aromatic carbocycles. The van der Waals surface area contributed by atoms with Crippen molar-refractivity contribution in [2.45, 2.75) is 38.8 Å². The Kier molecular flexibility index (Phi) is 3.94. The zero-order valence-electron chi connectivity index (χ0n) is 12.4. The van der Waals surface area contributed by atoms with Gasteiger partial charge in [-0.25, -0.2) is 0 Å². The summed E-state index contributed by atoms with van der Waals surface area (Å²) in [7, 11) is 0. The average molecular weight is 275 g/mol. The van der Waals surface area contributed by atoms with Gasteiger partial charge in [0.05, 0.1) is 23.7 Å². The summed E-state index contributed by atoms with van der Waals surface area (Å²) in [6.45, 7) is 7.26. The molecule has 1 aromatic heterocycles. The van der Waals surface area contributed by atoms with Crippen molar-refractivity contribution in [3.63, 3.8) is 0 Å². The normalized spacial score (nSPS) is 30.6. The molecule has 4 nitrogen and oxygen atoms in total. The number of hydrogen-bond acceptors (Lipinski definition) is 4. The number of aromatic nitrogens is 1. The summed E-state index contributed by atoms with van der Waals surface area (Å²) in [5.41, 5.74) is 2.29.